The number of benzene rings is 2. The number of amides is 1. The molecule has 0 aromatic heterocycles. The first kappa shape index (κ1) is 10.8. The van der Waals surface area contributed by atoms with Crippen LogP contribution >= 0.6 is 0 Å². The van der Waals surface area contributed by atoms with E-state index in [9.17, 15) is 4.79 Å². The van der Waals surface area contributed by atoms with E-state index in [-0.39, 0.29) is 5.91 Å². The van der Waals surface area contributed by atoms with Crippen LogP contribution in [0.1, 0.15) is 15.9 Å². The van der Waals surface area contributed by atoms with Gasteiger partial charge in [0.05, 0.1) is 7.11 Å². The van der Waals surface area contributed by atoms with Crippen LogP contribution in [-0.4, -0.2) is 13.0 Å². The van der Waals surface area contributed by atoms with E-state index in [1.54, 1.807) is 7.11 Å². The van der Waals surface area contributed by atoms with Crippen LogP contribution in [0.15, 0.2) is 42.5 Å². The Bertz CT molecular complexity index is 620. The number of hydrogen-bond acceptors (Lipinski definition) is 2. The van der Waals surface area contributed by atoms with Crippen molar-refractivity contribution in [2.24, 2.45) is 0 Å². The Morgan fingerprint density at radius 3 is 2.72 bits per heavy atom. The number of nitrogens with one attached hydrogen (secondary N) is 1. The molecule has 0 radical (unpaired) electrons. The van der Waals surface area contributed by atoms with Crippen LogP contribution < -0.4 is 10.1 Å². The number of rotatable bonds is 2. The van der Waals surface area contributed by atoms with E-state index in [2.05, 4.69) is 5.32 Å². The Hall–Kier alpha value is -2.29. The van der Waals surface area contributed by atoms with Crippen LogP contribution in [0.25, 0.3) is 11.1 Å². The molecular weight excluding hydrogens is 226 g/mol. The molecule has 2 aromatic rings. The summed E-state index contributed by atoms with van der Waals surface area (Å²) in [5.74, 6) is 0.831. The molecule has 1 aliphatic rings. The number of ether oxygens (including phenoxy) is 1. The Morgan fingerprint density at radius 1 is 1.11 bits per heavy atom. The molecule has 1 aliphatic heterocycles. The Morgan fingerprint density at radius 2 is 1.89 bits per heavy atom. The summed E-state index contributed by atoms with van der Waals surface area (Å²) < 4.78 is 5.23. The zero-order chi connectivity index (χ0) is 12.5. The van der Waals surface area contributed by atoms with Gasteiger partial charge in [0.2, 0.25) is 0 Å². The van der Waals surface area contributed by atoms with E-state index in [0.717, 1.165) is 28.0 Å². The molecule has 0 unspecified atom stereocenters. The van der Waals surface area contributed by atoms with Crippen molar-refractivity contribution >= 4 is 5.91 Å². The number of carbonyl (C=O) groups excluding carboxylic acids is 1. The minimum atomic E-state index is 0.00902. The van der Waals surface area contributed by atoms with Gasteiger partial charge in [-0.05, 0) is 34.9 Å². The van der Waals surface area contributed by atoms with Crippen molar-refractivity contribution in [2.75, 3.05) is 7.11 Å². The molecule has 0 spiro atoms. The lowest BCUT2D eigenvalue weighted by Gasteiger charge is -2.08. The first-order valence-corrected chi connectivity index (χ1v) is 5.84. The summed E-state index contributed by atoms with van der Waals surface area (Å²) in [5.41, 5.74) is 4.00. The fourth-order valence-electron chi connectivity index (χ4n) is 2.31. The molecule has 0 fully saturated rings. The number of methoxy groups -OCH3 is 1. The topological polar surface area (TPSA) is 38.3 Å². The third-order valence-electron chi connectivity index (χ3n) is 3.23. The summed E-state index contributed by atoms with van der Waals surface area (Å²) in [7, 11) is 1.65. The molecule has 0 saturated heterocycles. The smallest absolute Gasteiger partial charge is 0.251 e. The van der Waals surface area contributed by atoms with E-state index >= 15 is 0 Å². The van der Waals surface area contributed by atoms with Gasteiger partial charge in [-0.3, -0.25) is 4.79 Å². The van der Waals surface area contributed by atoms with E-state index in [1.165, 1.54) is 0 Å². The number of carbonyl (C=O) groups is 1. The van der Waals surface area contributed by atoms with Gasteiger partial charge in [-0.2, -0.15) is 0 Å². The Balaban J connectivity index is 2.15. The summed E-state index contributed by atoms with van der Waals surface area (Å²) in [6.45, 7) is 0.599. The maximum atomic E-state index is 11.6. The van der Waals surface area contributed by atoms with Crippen LogP contribution in [0.4, 0.5) is 0 Å². The van der Waals surface area contributed by atoms with E-state index in [0.29, 0.717) is 6.54 Å². The highest BCUT2D eigenvalue weighted by Crippen LogP contribution is 2.30. The highest BCUT2D eigenvalue weighted by Gasteiger charge is 2.21. The van der Waals surface area contributed by atoms with Gasteiger partial charge >= 0.3 is 0 Å². The zero-order valence-electron chi connectivity index (χ0n) is 10.1. The summed E-state index contributed by atoms with van der Waals surface area (Å²) in [6, 6.07) is 13.7. The molecule has 2 aromatic carbocycles. The molecule has 1 heterocycles. The molecular formula is C15H13NO2. The maximum absolute atomic E-state index is 11.6. The molecule has 0 atom stereocenters. The Labute approximate surface area is 105 Å². The molecule has 1 N–H and O–H groups in total. The maximum Gasteiger partial charge on any atom is 0.251 e. The van der Waals surface area contributed by atoms with E-state index in [4.69, 9.17) is 4.74 Å². The fourth-order valence-corrected chi connectivity index (χ4v) is 2.31. The van der Waals surface area contributed by atoms with Crippen LogP contribution in [0.2, 0.25) is 0 Å². The van der Waals surface area contributed by atoms with Crippen molar-refractivity contribution in [1.29, 1.82) is 0 Å². The van der Waals surface area contributed by atoms with Crippen molar-refractivity contribution in [2.45, 2.75) is 6.54 Å². The van der Waals surface area contributed by atoms with Gasteiger partial charge in [-0.1, -0.05) is 24.3 Å². The molecule has 90 valence electrons. The second-order valence-electron chi connectivity index (χ2n) is 4.25. The zero-order valence-corrected chi connectivity index (χ0v) is 10.1. The van der Waals surface area contributed by atoms with Crippen LogP contribution in [0, 0.1) is 0 Å². The predicted molar refractivity (Wildman–Crippen MR) is 69.6 cm³/mol. The molecule has 1 amide bonds. The lowest BCUT2D eigenvalue weighted by molar-refractivity contribution is 0.0966. The van der Waals surface area contributed by atoms with Gasteiger partial charge in [-0.25, -0.2) is 0 Å². The Kier molecular flexibility index (Phi) is 2.52. The average molecular weight is 239 g/mol. The molecule has 0 bridgehead atoms. The molecule has 3 rings (SSSR count). The second-order valence-corrected chi connectivity index (χ2v) is 4.25. The molecule has 0 saturated carbocycles. The lowest BCUT2D eigenvalue weighted by Crippen LogP contribution is -2.12. The van der Waals surface area contributed by atoms with Crippen LogP contribution in [-0.2, 0) is 6.54 Å². The van der Waals surface area contributed by atoms with Crippen molar-refractivity contribution in [1.82, 2.24) is 5.32 Å². The predicted octanol–water partition coefficient (Wildman–Crippen LogP) is 2.61. The van der Waals surface area contributed by atoms with Gasteiger partial charge in [-0.15, -0.1) is 0 Å². The monoisotopic (exact) mass is 239 g/mol. The van der Waals surface area contributed by atoms with Crippen molar-refractivity contribution in [3.8, 4) is 16.9 Å². The highest BCUT2D eigenvalue weighted by atomic mass is 16.5. The fraction of sp³-hybridized carbons (Fsp3) is 0.133. The highest BCUT2D eigenvalue weighted by molar-refractivity contribution is 6.00. The number of fused-ring (bicyclic) bond motifs is 1. The SMILES string of the molecule is COc1cccc(-c2cccc3c2CNC3=O)c1. The average Bonchev–Trinajstić information content (AvgIpc) is 2.81. The van der Waals surface area contributed by atoms with Crippen LogP contribution in [0.5, 0.6) is 5.75 Å². The summed E-state index contributed by atoms with van der Waals surface area (Å²) in [5, 5.41) is 2.85. The largest absolute Gasteiger partial charge is 0.497 e. The summed E-state index contributed by atoms with van der Waals surface area (Å²) in [6.07, 6.45) is 0. The minimum absolute atomic E-state index is 0.00902. The normalized spacial score (nSPS) is 13.1. The van der Waals surface area contributed by atoms with Gasteiger partial charge < -0.3 is 10.1 Å². The van der Waals surface area contributed by atoms with Crippen LogP contribution in [0.3, 0.4) is 0 Å². The summed E-state index contributed by atoms with van der Waals surface area (Å²) >= 11 is 0. The summed E-state index contributed by atoms with van der Waals surface area (Å²) in [4.78, 5) is 11.6. The second kappa shape index (κ2) is 4.18. The first-order chi connectivity index (χ1) is 8.79. The molecule has 3 heteroatoms. The minimum Gasteiger partial charge on any atom is -0.497 e. The molecule has 0 aliphatic carbocycles. The third kappa shape index (κ3) is 1.64. The third-order valence-corrected chi connectivity index (χ3v) is 3.23. The van der Waals surface area contributed by atoms with Gasteiger partial charge in [0.25, 0.3) is 5.91 Å². The van der Waals surface area contributed by atoms with Crippen molar-refractivity contribution in [3.63, 3.8) is 0 Å². The molecule has 18 heavy (non-hydrogen) atoms. The first-order valence-electron chi connectivity index (χ1n) is 5.84. The standard InChI is InChI=1S/C15H13NO2/c1-18-11-5-2-4-10(8-11)12-6-3-7-13-14(12)9-16-15(13)17/h2-8H,9H2,1H3,(H,16,17). The number of hydrogen-bond donors (Lipinski definition) is 1. The van der Waals surface area contributed by atoms with Gasteiger partial charge in [0.1, 0.15) is 5.75 Å². The van der Waals surface area contributed by atoms with Crippen molar-refractivity contribution in [3.05, 3.63) is 53.6 Å². The van der Waals surface area contributed by atoms with E-state index in [1.807, 2.05) is 42.5 Å². The van der Waals surface area contributed by atoms with Gasteiger partial charge in [0, 0.05) is 12.1 Å². The molecule has 3 nitrogen and oxygen atoms in total. The van der Waals surface area contributed by atoms with Gasteiger partial charge in [0.15, 0.2) is 0 Å². The van der Waals surface area contributed by atoms with E-state index < -0.39 is 0 Å². The van der Waals surface area contributed by atoms with Crippen molar-refractivity contribution < 1.29 is 9.53 Å². The lowest BCUT2D eigenvalue weighted by atomic mass is 9.97. The quantitative estimate of drug-likeness (QED) is 0.874.